The molecule has 0 aliphatic rings. The molecule has 2 rings (SSSR count). The normalized spacial score (nSPS) is 12.2. The van der Waals surface area contributed by atoms with E-state index in [1.165, 1.54) is 0 Å². The molecule has 0 spiro atoms. The number of hydrogen-bond donors (Lipinski definition) is 1. The van der Waals surface area contributed by atoms with Crippen LogP contribution in [0.5, 0.6) is 11.5 Å². The Morgan fingerprint density at radius 2 is 2.11 bits per heavy atom. The van der Waals surface area contributed by atoms with Gasteiger partial charge in [-0.25, -0.2) is 0 Å². The Hall–Kier alpha value is -1.58. The van der Waals surface area contributed by atoms with Gasteiger partial charge in [0.2, 0.25) is 0 Å². The predicted molar refractivity (Wildman–Crippen MR) is 73.0 cm³/mol. The fourth-order valence-electron chi connectivity index (χ4n) is 1.55. The molecule has 0 aliphatic heterocycles. The van der Waals surface area contributed by atoms with Gasteiger partial charge in [0.25, 0.3) is 0 Å². The van der Waals surface area contributed by atoms with Crippen LogP contribution < -0.4 is 10.5 Å². The minimum absolute atomic E-state index is 0.0229. The molecule has 0 bridgehead atoms. The fourth-order valence-corrected chi connectivity index (χ4v) is 1.73. The summed E-state index contributed by atoms with van der Waals surface area (Å²) in [6, 6.07) is 11.0. The molecule has 94 valence electrons. The minimum Gasteiger partial charge on any atom is -0.456 e. The van der Waals surface area contributed by atoms with Crippen molar-refractivity contribution in [2.75, 3.05) is 0 Å². The van der Waals surface area contributed by atoms with E-state index in [-0.39, 0.29) is 6.04 Å². The van der Waals surface area contributed by atoms with Crippen LogP contribution in [0.3, 0.4) is 0 Å². The van der Waals surface area contributed by atoms with Crippen LogP contribution in [-0.2, 0) is 0 Å². The van der Waals surface area contributed by atoms with Gasteiger partial charge in [0.1, 0.15) is 11.5 Å². The number of ether oxygens (including phenoxy) is 1. The number of hydrogen-bond acceptors (Lipinski definition) is 3. The molecule has 1 aromatic heterocycles. The van der Waals surface area contributed by atoms with Crippen LogP contribution in [0.4, 0.5) is 0 Å². The Bertz CT molecular complexity index is 513. The molecule has 0 saturated heterocycles. The van der Waals surface area contributed by atoms with Crippen molar-refractivity contribution in [2.45, 2.75) is 19.4 Å². The number of rotatable bonds is 4. The molecule has 0 radical (unpaired) electrons. The summed E-state index contributed by atoms with van der Waals surface area (Å²) in [5.41, 5.74) is 6.77. The Morgan fingerprint density at radius 1 is 1.28 bits per heavy atom. The van der Waals surface area contributed by atoms with Gasteiger partial charge in [0.05, 0.1) is 11.9 Å². The molecule has 0 amide bonds. The number of halogens is 1. The molecule has 2 aromatic rings. The summed E-state index contributed by atoms with van der Waals surface area (Å²) in [7, 11) is 0. The van der Waals surface area contributed by atoms with Crippen molar-refractivity contribution >= 4 is 11.6 Å². The van der Waals surface area contributed by atoms with Crippen LogP contribution in [-0.4, -0.2) is 4.98 Å². The highest BCUT2D eigenvalue weighted by atomic mass is 35.5. The van der Waals surface area contributed by atoms with Gasteiger partial charge in [0.15, 0.2) is 0 Å². The largest absolute Gasteiger partial charge is 0.456 e. The van der Waals surface area contributed by atoms with Gasteiger partial charge in [-0.2, -0.15) is 0 Å². The highest BCUT2D eigenvalue weighted by Crippen LogP contribution is 2.24. The highest BCUT2D eigenvalue weighted by molar-refractivity contribution is 6.30. The third-order valence-electron chi connectivity index (χ3n) is 2.61. The average Bonchev–Trinajstić information content (AvgIpc) is 2.39. The second-order valence-corrected chi connectivity index (χ2v) is 4.43. The summed E-state index contributed by atoms with van der Waals surface area (Å²) in [6.45, 7) is 2.03. The first-order valence-electron chi connectivity index (χ1n) is 5.84. The lowest BCUT2D eigenvalue weighted by molar-refractivity contribution is 0.479. The number of nitrogens with two attached hydrogens (primary N) is 1. The molecule has 4 heteroatoms. The lowest BCUT2D eigenvalue weighted by atomic mass is 10.1. The maximum Gasteiger partial charge on any atom is 0.145 e. The van der Waals surface area contributed by atoms with Gasteiger partial charge in [-0.1, -0.05) is 24.6 Å². The van der Waals surface area contributed by atoms with Gasteiger partial charge < -0.3 is 10.5 Å². The predicted octanol–water partition coefficient (Wildman–Crippen LogP) is 3.94. The van der Waals surface area contributed by atoms with Crippen molar-refractivity contribution in [3.05, 3.63) is 53.3 Å². The average molecular weight is 263 g/mol. The van der Waals surface area contributed by atoms with Gasteiger partial charge in [-0.05, 0) is 36.8 Å². The van der Waals surface area contributed by atoms with E-state index >= 15 is 0 Å². The monoisotopic (exact) mass is 262 g/mol. The fraction of sp³-hybridized carbons (Fsp3) is 0.214. The van der Waals surface area contributed by atoms with Crippen molar-refractivity contribution in [3.63, 3.8) is 0 Å². The van der Waals surface area contributed by atoms with Crippen molar-refractivity contribution in [1.82, 2.24) is 4.98 Å². The van der Waals surface area contributed by atoms with Crippen LogP contribution in [0, 0.1) is 0 Å². The van der Waals surface area contributed by atoms with Crippen molar-refractivity contribution < 1.29 is 4.74 Å². The van der Waals surface area contributed by atoms with Crippen LogP contribution in [0.1, 0.15) is 25.1 Å². The van der Waals surface area contributed by atoms with Crippen LogP contribution in [0.15, 0.2) is 42.6 Å². The molecule has 0 unspecified atom stereocenters. The van der Waals surface area contributed by atoms with E-state index in [4.69, 9.17) is 22.1 Å². The highest BCUT2D eigenvalue weighted by Gasteiger charge is 2.05. The van der Waals surface area contributed by atoms with E-state index in [9.17, 15) is 0 Å². The number of benzene rings is 1. The van der Waals surface area contributed by atoms with E-state index in [1.807, 2.05) is 31.2 Å². The number of nitrogens with zero attached hydrogens (tertiary/aromatic N) is 1. The van der Waals surface area contributed by atoms with E-state index in [1.54, 1.807) is 18.3 Å². The zero-order valence-corrected chi connectivity index (χ0v) is 10.9. The minimum atomic E-state index is -0.0229. The lowest BCUT2D eigenvalue weighted by Gasteiger charge is -2.09. The van der Waals surface area contributed by atoms with Crippen LogP contribution in [0.2, 0.25) is 5.02 Å². The first-order valence-corrected chi connectivity index (χ1v) is 6.22. The second kappa shape index (κ2) is 5.85. The first kappa shape index (κ1) is 12.9. The molecule has 0 fully saturated rings. The Balaban J connectivity index is 2.11. The Morgan fingerprint density at radius 3 is 2.72 bits per heavy atom. The quantitative estimate of drug-likeness (QED) is 0.908. The summed E-state index contributed by atoms with van der Waals surface area (Å²) >= 11 is 5.88. The molecule has 3 nitrogen and oxygen atoms in total. The van der Waals surface area contributed by atoms with Crippen molar-refractivity contribution in [2.24, 2.45) is 5.73 Å². The Kier molecular flexibility index (Phi) is 4.18. The van der Waals surface area contributed by atoms with E-state index in [0.29, 0.717) is 16.5 Å². The number of aromatic nitrogens is 1. The smallest absolute Gasteiger partial charge is 0.145 e. The van der Waals surface area contributed by atoms with E-state index in [0.717, 1.165) is 12.1 Å². The van der Waals surface area contributed by atoms with E-state index in [2.05, 4.69) is 4.98 Å². The number of pyridine rings is 1. The SMILES string of the molecule is CC[C@@H](N)c1ccc(Oc2cccc(Cl)c2)cn1. The zero-order chi connectivity index (χ0) is 13.0. The molecule has 18 heavy (non-hydrogen) atoms. The maximum atomic E-state index is 5.90. The molecule has 1 aromatic carbocycles. The standard InChI is InChI=1S/C14H15ClN2O/c1-2-13(16)14-7-6-12(9-17-14)18-11-5-3-4-10(15)8-11/h3-9,13H,2,16H2,1H3/t13-/m1/s1. The van der Waals surface area contributed by atoms with Crippen molar-refractivity contribution in [1.29, 1.82) is 0 Å². The van der Waals surface area contributed by atoms with Crippen molar-refractivity contribution in [3.8, 4) is 11.5 Å². The van der Waals surface area contributed by atoms with E-state index < -0.39 is 0 Å². The molecular formula is C14H15ClN2O. The molecule has 0 aliphatic carbocycles. The van der Waals surface area contributed by atoms with Gasteiger partial charge >= 0.3 is 0 Å². The Labute approximate surface area is 112 Å². The topological polar surface area (TPSA) is 48.1 Å². The summed E-state index contributed by atoms with van der Waals surface area (Å²) in [5, 5.41) is 0.644. The summed E-state index contributed by atoms with van der Waals surface area (Å²) in [5.74, 6) is 1.36. The summed E-state index contributed by atoms with van der Waals surface area (Å²) < 4.78 is 5.64. The third kappa shape index (κ3) is 3.22. The van der Waals surface area contributed by atoms with Crippen LogP contribution in [0.25, 0.3) is 0 Å². The summed E-state index contributed by atoms with van der Waals surface area (Å²) in [6.07, 6.45) is 2.53. The molecular weight excluding hydrogens is 248 g/mol. The first-order chi connectivity index (χ1) is 8.69. The zero-order valence-electron chi connectivity index (χ0n) is 10.1. The van der Waals surface area contributed by atoms with Gasteiger partial charge in [-0.3, -0.25) is 4.98 Å². The second-order valence-electron chi connectivity index (χ2n) is 3.99. The molecule has 2 N–H and O–H groups in total. The third-order valence-corrected chi connectivity index (χ3v) is 2.85. The van der Waals surface area contributed by atoms with Gasteiger partial charge in [0, 0.05) is 11.1 Å². The molecule has 1 atom stereocenters. The molecule has 0 saturated carbocycles. The molecule has 1 heterocycles. The maximum absolute atomic E-state index is 5.90. The lowest BCUT2D eigenvalue weighted by Crippen LogP contribution is -2.10. The van der Waals surface area contributed by atoms with Gasteiger partial charge in [-0.15, -0.1) is 0 Å². The summed E-state index contributed by atoms with van der Waals surface area (Å²) in [4.78, 5) is 4.29. The van der Waals surface area contributed by atoms with Crippen LogP contribution >= 0.6 is 11.6 Å².